The molecule has 2 rings (SSSR count). The number of benzene rings is 2. The number of anilines is 1. The van der Waals surface area contributed by atoms with Crippen molar-refractivity contribution in [3.8, 4) is 0 Å². The summed E-state index contributed by atoms with van der Waals surface area (Å²) in [6, 6.07) is 8.48. The van der Waals surface area contributed by atoms with E-state index in [1.807, 2.05) is 0 Å². The number of aromatic carboxylic acids is 1. The quantitative estimate of drug-likeness (QED) is 0.929. The first kappa shape index (κ1) is 15.3. The number of carboxylic acids is 1. The molecule has 2 aromatic rings. The van der Waals surface area contributed by atoms with Crippen LogP contribution in [0.2, 0.25) is 5.02 Å². The molecule has 0 heterocycles. The van der Waals surface area contributed by atoms with Crippen molar-refractivity contribution in [2.24, 2.45) is 0 Å². The minimum absolute atomic E-state index is 0.261. The van der Waals surface area contributed by atoms with Crippen LogP contribution in [0, 0.1) is 11.6 Å². The molecule has 0 aliphatic heterocycles. The predicted molar refractivity (Wildman–Crippen MR) is 76.9 cm³/mol. The van der Waals surface area contributed by atoms with E-state index in [9.17, 15) is 13.6 Å². The molecular weight excluding hydrogens is 300 g/mol. The number of carbonyl (C=O) groups is 1. The van der Waals surface area contributed by atoms with Crippen molar-refractivity contribution in [1.29, 1.82) is 0 Å². The molecule has 0 saturated carbocycles. The summed E-state index contributed by atoms with van der Waals surface area (Å²) >= 11 is 5.77. The van der Waals surface area contributed by atoms with Gasteiger partial charge in [-0.3, -0.25) is 0 Å². The summed E-state index contributed by atoms with van der Waals surface area (Å²) in [6.07, 6.45) is 0. The Kier molecular flexibility index (Phi) is 4.43. The molecule has 0 aliphatic carbocycles. The normalized spacial score (nSPS) is 10.5. The van der Waals surface area contributed by atoms with Crippen LogP contribution in [-0.2, 0) is 6.54 Å². The van der Waals surface area contributed by atoms with E-state index in [2.05, 4.69) is 0 Å². The molecule has 0 bridgehead atoms. The van der Waals surface area contributed by atoms with Crippen LogP contribution in [0.25, 0.3) is 0 Å². The van der Waals surface area contributed by atoms with Gasteiger partial charge in [-0.2, -0.15) is 0 Å². The van der Waals surface area contributed by atoms with E-state index < -0.39 is 23.2 Å². The fourth-order valence-corrected chi connectivity index (χ4v) is 2.12. The summed E-state index contributed by atoms with van der Waals surface area (Å²) in [4.78, 5) is 12.1. The zero-order valence-electron chi connectivity index (χ0n) is 11.1. The second-order valence-corrected chi connectivity index (χ2v) is 5.01. The highest BCUT2D eigenvalue weighted by Gasteiger charge is 2.18. The topological polar surface area (TPSA) is 40.5 Å². The van der Waals surface area contributed by atoms with Gasteiger partial charge in [0.05, 0.1) is 5.56 Å². The number of hydrogen-bond acceptors (Lipinski definition) is 2. The zero-order valence-corrected chi connectivity index (χ0v) is 11.9. The molecule has 0 amide bonds. The molecule has 6 heteroatoms. The first-order chi connectivity index (χ1) is 9.88. The molecule has 0 fully saturated rings. The van der Waals surface area contributed by atoms with E-state index in [-0.39, 0.29) is 12.2 Å². The van der Waals surface area contributed by atoms with Crippen molar-refractivity contribution in [3.63, 3.8) is 0 Å². The largest absolute Gasteiger partial charge is 0.478 e. The maximum absolute atomic E-state index is 13.9. The fraction of sp³-hybridized carbons (Fsp3) is 0.133. The van der Waals surface area contributed by atoms with Gasteiger partial charge in [-0.25, -0.2) is 13.6 Å². The van der Waals surface area contributed by atoms with Gasteiger partial charge in [-0.1, -0.05) is 23.7 Å². The molecule has 0 spiro atoms. The highest BCUT2D eigenvalue weighted by molar-refractivity contribution is 6.30. The van der Waals surface area contributed by atoms with Crippen molar-refractivity contribution < 1.29 is 18.7 Å². The Morgan fingerprint density at radius 3 is 2.19 bits per heavy atom. The highest BCUT2D eigenvalue weighted by Crippen LogP contribution is 2.25. The van der Waals surface area contributed by atoms with Crippen molar-refractivity contribution in [2.45, 2.75) is 6.54 Å². The molecule has 0 unspecified atom stereocenters. The van der Waals surface area contributed by atoms with Crippen LogP contribution in [-0.4, -0.2) is 18.1 Å². The molecule has 1 N–H and O–H groups in total. The molecule has 0 saturated heterocycles. The standard InChI is InChI=1S/C15H12ClF2NO2/c1-19(8-9-2-4-11(16)5-3-9)14-12(17)6-10(15(20)21)7-13(14)18/h2-7H,8H2,1H3,(H,20,21). The third-order valence-corrected chi connectivity index (χ3v) is 3.23. The average molecular weight is 312 g/mol. The summed E-state index contributed by atoms with van der Waals surface area (Å²) < 4.78 is 27.8. The smallest absolute Gasteiger partial charge is 0.335 e. The van der Waals surface area contributed by atoms with Crippen LogP contribution in [0.15, 0.2) is 36.4 Å². The lowest BCUT2D eigenvalue weighted by Crippen LogP contribution is -2.19. The van der Waals surface area contributed by atoms with Gasteiger partial charge >= 0.3 is 5.97 Å². The molecule has 0 atom stereocenters. The van der Waals surface area contributed by atoms with Gasteiger partial charge in [0.25, 0.3) is 0 Å². The first-order valence-corrected chi connectivity index (χ1v) is 6.44. The summed E-state index contributed by atoms with van der Waals surface area (Å²) in [5.74, 6) is -3.20. The molecule has 2 aromatic carbocycles. The Hall–Kier alpha value is -2.14. The second kappa shape index (κ2) is 6.10. The molecule has 3 nitrogen and oxygen atoms in total. The van der Waals surface area contributed by atoms with E-state index in [0.29, 0.717) is 5.02 Å². The van der Waals surface area contributed by atoms with Crippen molar-refractivity contribution in [1.82, 2.24) is 0 Å². The van der Waals surface area contributed by atoms with Crippen LogP contribution in [0.3, 0.4) is 0 Å². The van der Waals surface area contributed by atoms with Crippen LogP contribution in [0.1, 0.15) is 15.9 Å². The molecule has 0 aromatic heterocycles. The van der Waals surface area contributed by atoms with E-state index in [1.165, 1.54) is 11.9 Å². The van der Waals surface area contributed by atoms with Crippen LogP contribution in [0.4, 0.5) is 14.5 Å². The molecule has 0 radical (unpaired) electrons. The fourth-order valence-electron chi connectivity index (χ4n) is 2.00. The van der Waals surface area contributed by atoms with E-state index in [1.54, 1.807) is 24.3 Å². The Balaban J connectivity index is 2.28. The molecule has 110 valence electrons. The second-order valence-electron chi connectivity index (χ2n) is 4.58. The van der Waals surface area contributed by atoms with Crippen LogP contribution in [0.5, 0.6) is 0 Å². The Morgan fingerprint density at radius 1 is 1.19 bits per heavy atom. The lowest BCUT2D eigenvalue weighted by atomic mass is 10.1. The Morgan fingerprint density at radius 2 is 1.71 bits per heavy atom. The minimum atomic E-state index is -1.38. The van der Waals surface area contributed by atoms with E-state index in [4.69, 9.17) is 16.7 Å². The van der Waals surface area contributed by atoms with Crippen molar-refractivity contribution in [3.05, 3.63) is 64.2 Å². The van der Waals surface area contributed by atoms with Gasteiger partial charge in [-0.15, -0.1) is 0 Å². The lowest BCUT2D eigenvalue weighted by Gasteiger charge is -2.21. The van der Waals surface area contributed by atoms with Gasteiger partial charge in [0.2, 0.25) is 0 Å². The van der Waals surface area contributed by atoms with E-state index in [0.717, 1.165) is 17.7 Å². The molecular formula is C15H12ClF2NO2. The van der Waals surface area contributed by atoms with E-state index >= 15 is 0 Å². The van der Waals surface area contributed by atoms with Crippen molar-refractivity contribution in [2.75, 3.05) is 11.9 Å². The van der Waals surface area contributed by atoms with Crippen LogP contribution < -0.4 is 4.90 Å². The third kappa shape index (κ3) is 3.49. The third-order valence-electron chi connectivity index (χ3n) is 2.98. The Labute approximate surface area is 125 Å². The predicted octanol–water partition coefficient (Wildman–Crippen LogP) is 3.95. The number of carboxylic acid groups (broad SMARTS) is 1. The summed E-state index contributed by atoms with van der Waals surface area (Å²) in [5.41, 5.74) is 0.131. The molecule has 21 heavy (non-hydrogen) atoms. The maximum Gasteiger partial charge on any atom is 0.335 e. The minimum Gasteiger partial charge on any atom is -0.478 e. The summed E-state index contributed by atoms with van der Waals surface area (Å²) in [5, 5.41) is 9.34. The monoisotopic (exact) mass is 311 g/mol. The molecule has 0 aliphatic rings. The van der Waals surface area contributed by atoms with Gasteiger partial charge in [0.1, 0.15) is 17.3 Å². The van der Waals surface area contributed by atoms with Gasteiger partial charge in [0.15, 0.2) is 0 Å². The van der Waals surface area contributed by atoms with Crippen LogP contribution >= 0.6 is 11.6 Å². The number of halogens is 3. The highest BCUT2D eigenvalue weighted by atomic mass is 35.5. The number of nitrogens with zero attached hydrogens (tertiary/aromatic N) is 1. The maximum atomic E-state index is 13.9. The lowest BCUT2D eigenvalue weighted by molar-refractivity contribution is 0.0695. The Bertz CT molecular complexity index is 651. The average Bonchev–Trinajstić information content (AvgIpc) is 2.40. The van der Waals surface area contributed by atoms with Gasteiger partial charge in [0, 0.05) is 18.6 Å². The van der Waals surface area contributed by atoms with Gasteiger partial charge < -0.3 is 10.0 Å². The summed E-state index contributed by atoms with van der Waals surface area (Å²) in [6.45, 7) is 0.261. The first-order valence-electron chi connectivity index (χ1n) is 6.06. The van der Waals surface area contributed by atoms with Crippen molar-refractivity contribution >= 4 is 23.3 Å². The number of hydrogen-bond donors (Lipinski definition) is 1. The van der Waals surface area contributed by atoms with Gasteiger partial charge in [-0.05, 0) is 29.8 Å². The SMILES string of the molecule is CN(Cc1ccc(Cl)cc1)c1c(F)cc(C(=O)O)cc1F. The zero-order chi connectivity index (χ0) is 15.6. The summed E-state index contributed by atoms with van der Waals surface area (Å²) in [7, 11) is 1.52. The number of rotatable bonds is 4.